The lowest BCUT2D eigenvalue weighted by molar-refractivity contribution is -0.136. The highest BCUT2D eigenvalue weighted by atomic mass is 32.1. The Kier molecular flexibility index (Phi) is 4.80. The van der Waals surface area contributed by atoms with Gasteiger partial charge in [0.25, 0.3) is 5.91 Å². The van der Waals surface area contributed by atoms with Crippen LogP contribution in [0.25, 0.3) is 0 Å². The molecule has 0 radical (unpaired) electrons. The Labute approximate surface area is 114 Å². The van der Waals surface area contributed by atoms with Crippen LogP contribution in [-0.2, 0) is 4.79 Å². The number of carboxylic acids is 1. The van der Waals surface area contributed by atoms with Crippen molar-refractivity contribution in [3.05, 3.63) is 11.1 Å². The minimum absolute atomic E-state index is 0.0412. The highest BCUT2D eigenvalue weighted by Crippen LogP contribution is 2.17. The Balaban J connectivity index is 1.83. The molecule has 2 heterocycles. The van der Waals surface area contributed by atoms with Crippen LogP contribution >= 0.6 is 11.5 Å². The van der Waals surface area contributed by atoms with Crippen LogP contribution in [0.15, 0.2) is 5.38 Å². The lowest BCUT2D eigenvalue weighted by atomic mass is 9.98. The molecule has 1 aliphatic heterocycles. The van der Waals surface area contributed by atoms with Crippen LogP contribution in [0.1, 0.15) is 23.3 Å². The van der Waals surface area contributed by atoms with Gasteiger partial charge in [0.05, 0.1) is 6.54 Å². The number of hydrogen-bond donors (Lipinski definition) is 2. The fraction of sp³-hybridized carbons (Fsp3) is 0.636. The van der Waals surface area contributed by atoms with Crippen molar-refractivity contribution < 1.29 is 14.7 Å². The van der Waals surface area contributed by atoms with Crippen molar-refractivity contribution in [1.29, 1.82) is 0 Å². The van der Waals surface area contributed by atoms with Crippen LogP contribution in [0.3, 0.4) is 0 Å². The van der Waals surface area contributed by atoms with E-state index in [1.54, 1.807) is 10.3 Å². The molecule has 0 spiro atoms. The van der Waals surface area contributed by atoms with Gasteiger partial charge in [-0.2, -0.15) is 0 Å². The Bertz CT molecular complexity index is 437. The molecule has 1 aromatic rings. The number of rotatable bonds is 5. The number of nitrogens with one attached hydrogen (secondary N) is 1. The third-order valence-electron chi connectivity index (χ3n) is 3.09. The molecule has 0 aliphatic carbocycles. The number of likely N-dealkylation sites (tertiary alicyclic amines) is 1. The third-order valence-corrected chi connectivity index (χ3v) is 3.60. The average Bonchev–Trinajstić information content (AvgIpc) is 2.91. The average molecular weight is 284 g/mol. The molecule has 104 valence electrons. The molecule has 2 rings (SSSR count). The first-order valence-corrected chi connectivity index (χ1v) is 6.99. The molecule has 1 aliphatic rings. The van der Waals surface area contributed by atoms with Crippen LogP contribution in [0.2, 0.25) is 0 Å². The Morgan fingerprint density at radius 1 is 1.58 bits per heavy atom. The van der Waals surface area contributed by atoms with Gasteiger partial charge in [-0.1, -0.05) is 4.49 Å². The van der Waals surface area contributed by atoms with Gasteiger partial charge in [0.1, 0.15) is 0 Å². The van der Waals surface area contributed by atoms with Gasteiger partial charge in [0.15, 0.2) is 5.69 Å². The number of carboxylic acid groups (broad SMARTS) is 1. The molecule has 1 unspecified atom stereocenters. The lowest BCUT2D eigenvalue weighted by Crippen LogP contribution is -2.43. The standard InChI is InChI=1S/C11H16N4O3S/c16-10(17)5-12-4-8-2-1-3-15(6-8)11(18)9-7-19-14-13-9/h7-8,12H,1-6H2,(H,16,17). The van der Waals surface area contributed by atoms with Gasteiger partial charge < -0.3 is 15.3 Å². The summed E-state index contributed by atoms with van der Waals surface area (Å²) in [7, 11) is 0. The number of amides is 1. The Morgan fingerprint density at radius 3 is 3.11 bits per heavy atom. The maximum absolute atomic E-state index is 12.1. The van der Waals surface area contributed by atoms with Gasteiger partial charge in [-0.25, -0.2) is 0 Å². The quantitative estimate of drug-likeness (QED) is 0.794. The minimum atomic E-state index is -0.864. The smallest absolute Gasteiger partial charge is 0.317 e. The fourth-order valence-corrected chi connectivity index (χ4v) is 2.65. The van der Waals surface area contributed by atoms with Crippen LogP contribution in [0, 0.1) is 5.92 Å². The van der Waals surface area contributed by atoms with E-state index in [4.69, 9.17) is 5.11 Å². The van der Waals surface area contributed by atoms with Gasteiger partial charge in [-0.15, -0.1) is 5.10 Å². The van der Waals surface area contributed by atoms with Crippen LogP contribution in [-0.4, -0.2) is 57.6 Å². The molecule has 1 fully saturated rings. The zero-order valence-corrected chi connectivity index (χ0v) is 11.2. The summed E-state index contributed by atoms with van der Waals surface area (Å²) in [6.07, 6.45) is 1.94. The van der Waals surface area contributed by atoms with E-state index < -0.39 is 5.97 Å². The predicted molar refractivity (Wildman–Crippen MR) is 69.0 cm³/mol. The monoisotopic (exact) mass is 284 g/mol. The van der Waals surface area contributed by atoms with Crippen molar-refractivity contribution in [1.82, 2.24) is 19.8 Å². The lowest BCUT2D eigenvalue weighted by Gasteiger charge is -2.32. The van der Waals surface area contributed by atoms with Crippen molar-refractivity contribution in [2.75, 3.05) is 26.2 Å². The van der Waals surface area contributed by atoms with E-state index in [-0.39, 0.29) is 12.5 Å². The zero-order chi connectivity index (χ0) is 13.7. The summed E-state index contributed by atoms with van der Waals surface area (Å²) in [5.41, 5.74) is 0.393. The molecular formula is C11H16N4O3S. The number of aliphatic carboxylic acids is 1. The van der Waals surface area contributed by atoms with E-state index in [2.05, 4.69) is 14.9 Å². The molecule has 19 heavy (non-hydrogen) atoms. The first kappa shape index (κ1) is 13.9. The molecule has 2 N–H and O–H groups in total. The van der Waals surface area contributed by atoms with Gasteiger partial charge in [0, 0.05) is 25.0 Å². The first-order chi connectivity index (χ1) is 9.16. The topological polar surface area (TPSA) is 95.4 Å². The highest BCUT2D eigenvalue weighted by molar-refractivity contribution is 7.03. The van der Waals surface area contributed by atoms with Crippen molar-refractivity contribution in [3.8, 4) is 0 Å². The van der Waals surface area contributed by atoms with E-state index in [0.717, 1.165) is 30.9 Å². The summed E-state index contributed by atoms with van der Waals surface area (Å²) in [5.74, 6) is -0.655. The second kappa shape index (κ2) is 6.58. The molecule has 0 aromatic carbocycles. The highest BCUT2D eigenvalue weighted by Gasteiger charge is 2.25. The Hall–Kier alpha value is -1.54. The van der Waals surface area contributed by atoms with Crippen molar-refractivity contribution in [2.24, 2.45) is 5.92 Å². The molecule has 1 saturated heterocycles. The molecule has 1 aromatic heterocycles. The third kappa shape index (κ3) is 3.97. The SMILES string of the molecule is O=C(O)CNCC1CCCN(C(=O)c2csnn2)C1. The van der Waals surface area contributed by atoms with Gasteiger partial charge in [-0.3, -0.25) is 9.59 Å². The summed E-state index contributed by atoms with van der Waals surface area (Å²) >= 11 is 1.16. The predicted octanol–water partition coefficient (Wildman–Crippen LogP) is 0.0645. The molecule has 8 heteroatoms. The fourth-order valence-electron chi connectivity index (χ4n) is 2.22. The zero-order valence-electron chi connectivity index (χ0n) is 10.4. The maximum atomic E-state index is 12.1. The van der Waals surface area contributed by atoms with E-state index in [1.165, 1.54) is 0 Å². The molecule has 7 nitrogen and oxygen atoms in total. The first-order valence-electron chi connectivity index (χ1n) is 6.15. The minimum Gasteiger partial charge on any atom is -0.480 e. The van der Waals surface area contributed by atoms with E-state index >= 15 is 0 Å². The van der Waals surface area contributed by atoms with Crippen LogP contribution in [0.5, 0.6) is 0 Å². The maximum Gasteiger partial charge on any atom is 0.317 e. The Morgan fingerprint density at radius 2 is 2.42 bits per heavy atom. The number of nitrogens with zero attached hydrogens (tertiary/aromatic N) is 3. The normalized spacial score (nSPS) is 19.4. The van der Waals surface area contributed by atoms with Crippen molar-refractivity contribution in [3.63, 3.8) is 0 Å². The second-order valence-electron chi connectivity index (χ2n) is 4.57. The van der Waals surface area contributed by atoms with E-state index in [0.29, 0.717) is 24.7 Å². The summed E-state index contributed by atoms with van der Waals surface area (Å²) in [6.45, 7) is 1.95. The van der Waals surface area contributed by atoms with Crippen molar-refractivity contribution in [2.45, 2.75) is 12.8 Å². The summed E-state index contributed by atoms with van der Waals surface area (Å²) in [4.78, 5) is 24.3. The summed E-state index contributed by atoms with van der Waals surface area (Å²) < 4.78 is 3.69. The molecule has 1 atom stereocenters. The number of carbonyl (C=O) groups is 2. The van der Waals surface area contributed by atoms with E-state index in [1.807, 2.05) is 0 Å². The second-order valence-corrected chi connectivity index (χ2v) is 5.18. The van der Waals surface area contributed by atoms with Gasteiger partial charge in [0.2, 0.25) is 0 Å². The van der Waals surface area contributed by atoms with Gasteiger partial charge >= 0.3 is 5.97 Å². The number of aromatic nitrogens is 2. The number of hydrogen-bond acceptors (Lipinski definition) is 6. The molecular weight excluding hydrogens is 268 g/mol. The summed E-state index contributed by atoms with van der Waals surface area (Å²) in [6, 6.07) is 0. The molecule has 1 amide bonds. The largest absolute Gasteiger partial charge is 0.480 e. The molecule has 0 bridgehead atoms. The number of piperidine rings is 1. The van der Waals surface area contributed by atoms with E-state index in [9.17, 15) is 9.59 Å². The summed E-state index contributed by atoms with van der Waals surface area (Å²) in [5, 5.41) is 16.9. The molecule has 0 saturated carbocycles. The number of carbonyl (C=O) groups excluding carboxylic acids is 1. The van der Waals surface area contributed by atoms with Gasteiger partial charge in [-0.05, 0) is 30.3 Å². The van der Waals surface area contributed by atoms with Crippen LogP contribution < -0.4 is 5.32 Å². The van der Waals surface area contributed by atoms with Crippen molar-refractivity contribution >= 4 is 23.4 Å². The van der Waals surface area contributed by atoms with Crippen LogP contribution in [0.4, 0.5) is 0 Å².